The summed E-state index contributed by atoms with van der Waals surface area (Å²) in [5.41, 5.74) is 2.64. The van der Waals surface area contributed by atoms with Crippen LogP contribution in [0.25, 0.3) is 0 Å². The third-order valence-electron chi connectivity index (χ3n) is 2.86. The van der Waals surface area contributed by atoms with Crippen LogP contribution in [-0.2, 0) is 0 Å². The summed E-state index contributed by atoms with van der Waals surface area (Å²) in [6.45, 7) is 4.44. The fourth-order valence-corrected chi connectivity index (χ4v) is 1.69. The van der Waals surface area contributed by atoms with Gasteiger partial charge in [-0.1, -0.05) is 18.2 Å². The van der Waals surface area contributed by atoms with Crippen molar-refractivity contribution >= 4 is 5.69 Å². The zero-order valence-corrected chi connectivity index (χ0v) is 8.38. The molecular weight excluding hydrogens is 158 g/mol. The third-order valence-corrected chi connectivity index (χ3v) is 2.86. The van der Waals surface area contributed by atoms with E-state index in [4.69, 9.17) is 0 Å². The lowest BCUT2D eigenvalue weighted by Crippen LogP contribution is -2.17. The van der Waals surface area contributed by atoms with Crippen molar-refractivity contribution in [2.24, 2.45) is 5.92 Å². The summed E-state index contributed by atoms with van der Waals surface area (Å²) in [7, 11) is 0. The minimum Gasteiger partial charge on any atom is -0.382 e. The van der Waals surface area contributed by atoms with Crippen LogP contribution in [0.15, 0.2) is 24.3 Å². The molecule has 2 rings (SSSR count). The van der Waals surface area contributed by atoms with Gasteiger partial charge in [0.2, 0.25) is 0 Å². The minimum atomic E-state index is 0.640. The summed E-state index contributed by atoms with van der Waals surface area (Å²) in [5, 5.41) is 3.57. The lowest BCUT2D eigenvalue weighted by molar-refractivity contribution is 0.693. The van der Waals surface area contributed by atoms with E-state index in [9.17, 15) is 0 Å². The minimum absolute atomic E-state index is 0.640. The number of nitrogens with one attached hydrogen (secondary N) is 1. The van der Waals surface area contributed by atoms with Gasteiger partial charge in [0, 0.05) is 11.7 Å². The summed E-state index contributed by atoms with van der Waals surface area (Å²) < 4.78 is 0. The van der Waals surface area contributed by atoms with Crippen molar-refractivity contribution < 1.29 is 0 Å². The SMILES string of the molecule is Cc1ccccc1N[C@@H](C)C1CC1. The number of rotatable bonds is 3. The van der Waals surface area contributed by atoms with Crippen LogP contribution >= 0.6 is 0 Å². The molecule has 0 radical (unpaired) electrons. The normalized spacial score (nSPS) is 18.3. The van der Waals surface area contributed by atoms with Crippen LogP contribution in [-0.4, -0.2) is 6.04 Å². The zero-order valence-electron chi connectivity index (χ0n) is 8.38. The Kier molecular flexibility index (Phi) is 2.26. The van der Waals surface area contributed by atoms with Gasteiger partial charge in [0.15, 0.2) is 0 Å². The number of hydrogen-bond acceptors (Lipinski definition) is 1. The Morgan fingerprint density at radius 2 is 2.00 bits per heavy atom. The molecule has 1 atom stereocenters. The fraction of sp³-hybridized carbons (Fsp3) is 0.500. The quantitative estimate of drug-likeness (QED) is 0.743. The van der Waals surface area contributed by atoms with Crippen LogP contribution in [0.4, 0.5) is 5.69 Å². The van der Waals surface area contributed by atoms with Gasteiger partial charge in [0.25, 0.3) is 0 Å². The summed E-state index contributed by atoms with van der Waals surface area (Å²) >= 11 is 0. The molecule has 1 fully saturated rings. The molecule has 0 heterocycles. The first-order chi connectivity index (χ1) is 6.27. The molecular formula is C12H17N. The first-order valence-corrected chi connectivity index (χ1v) is 5.09. The third kappa shape index (κ3) is 2.03. The van der Waals surface area contributed by atoms with Crippen molar-refractivity contribution in [1.29, 1.82) is 0 Å². The largest absolute Gasteiger partial charge is 0.382 e. The van der Waals surface area contributed by atoms with Crippen LogP contribution in [0.5, 0.6) is 0 Å². The maximum Gasteiger partial charge on any atom is 0.0372 e. The van der Waals surface area contributed by atoms with E-state index in [1.165, 1.54) is 24.1 Å². The number of hydrogen-bond donors (Lipinski definition) is 1. The summed E-state index contributed by atoms with van der Waals surface area (Å²) in [5.74, 6) is 0.916. The molecule has 1 aliphatic carbocycles. The molecule has 1 heteroatoms. The van der Waals surface area contributed by atoms with Crippen molar-refractivity contribution in [3.05, 3.63) is 29.8 Å². The second kappa shape index (κ2) is 3.41. The van der Waals surface area contributed by atoms with E-state index in [2.05, 4.69) is 43.4 Å². The number of para-hydroxylation sites is 1. The van der Waals surface area contributed by atoms with Crippen molar-refractivity contribution in [2.75, 3.05) is 5.32 Å². The lowest BCUT2D eigenvalue weighted by atomic mass is 10.1. The Bertz CT molecular complexity index is 289. The van der Waals surface area contributed by atoms with E-state index in [0.29, 0.717) is 6.04 Å². The van der Waals surface area contributed by atoms with Crippen molar-refractivity contribution in [3.63, 3.8) is 0 Å². The van der Waals surface area contributed by atoms with E-state index in [1.807, 2.05) is 0 Å². The first-order valence-electron chi connectivity index (χ1n) is 5.09. The molecule has 0 amide bonds. The van der Waals surface area contributed by atoms with E-state index < -0.39 is 0 Å². The molecule has 0 unspecified atom stereocenters. The molecule has 0 bridgehead atoms. The summed E-state index contributed by atoms with van der Waals surface area (Å²) in [6.07, 6.45) is 2.81. The molecule has 13 heavy (non-hydrogen) atoms. The topological polar surface area (TPSA) is 12.0 Å². The summed E-state index contributed by atoms with van der Waals surface area (Å²) in [6, 6.07) is 9.13. The molecule has 1 nitrogen and oxygen atoms in total. The number of anilines is 1. The second-order valence-electron chi connectivity index (χ2n) is 4.09. The van der Waals surface area contributed by atoms with Gasteiger partial charge in [-0.15, -0.1) is 0 Å². The van der Waals surface area contributed by atoms with Crippen LogP contribution in [0.3, 0.4) is 0 Å². The standard InChI is InChI=1S/C12H17N/c1-9-5-3-4-6-12(9)13-10(2)11-7-8-11/h3-6,10-11,13H,7-8H2,1-2H3/t10-/m0/s1. The van der Waals surface area contributed by atoms with E-state index in [1.54, 1.807) is 0 Å². The van der Waals surface area contributed by atoms with Crippen LogP contribution in [0.2, 0.25) is 0 Å². The highest BCUT2D eigenvalue weighted by Crippen LogP contribution is 2.34. The van der Waals surface area contributed by atoms with Gasteiger partial charge < -0.3 is 5.32 Å². The van der Waals surface area contributed by atoms with Crippen molar-refractivity contribution in [2.45, 2.75) is 32.7 Å². The maximum absolute atomic E-state index is 3.57. The second-order valence-corrected chi connectivity index (χ2v) is 4.09. The van der Waals surface area contributed by atoms with E-state index >= 15 is 0 Å². The Morgan fingerprint density at radius 3 is 2.62 bits per heavy atom. The van der Waals surface area contributed by atoms with Crippen LogP contribution in [0.1, 0.15) is 25.3 Å². The Labute approximate surface area is 80.2 Å². The molecule has 70 valence electrons. The zero-order chi connectivity index (χ0) is 9.26. The van der Waals surface area contributed by atoms with Gasteiger partial charge >= 0.3 is 0 Å². The lowest BCUT2D eigenvalue weighted by Gasteiger charge is -2.15. The molecule has 1 aromatic rings. The molecule has 1 N–H and O–H groups in total. The van der Waals surface area contributed by atoms with Crippen molar-refractivity contribution in [3.8, 4) is 0 Å². The monoisotopic (exact) mass is 175 g/mol. The van der Waals surface area contributed by atoms with E-state index in [-0.39, 0.29) is 0 Å². The highest BCUT2D eigenvalue weighted by Gasteiger charge is 2.27. The Hall–Kier alpha value is -0.980. The van der Waals surface area contributed by atoms with Crippen LogP contribution < -0.4 is 5.32 Å². The Morgan fingerprint density at radius 1 is 1.31 bits per heavy atom. The Balaban J connectivity index is 2.03. The molecule has 1 saturated carbocycles. The highest BCUT2D eigenvalue weighted by atomic mass is 14.9. The van der Waals surface area contributed by atoms with Crippen molar-refractivity contribution in [1.82, 2.24) is 0 Å². The predicted octanol–water partition coefficient (Wildman–Crippen LogP) is 3.21. The number of aryl methyl sites for hydroxylation is 1. The summed E-state index contributed by atoms with van der Waals surface area (Å²) in [4.78, 5) is 0. The predicted molar refractivity (Wildman–Crippen MR) is 57.0 cm³/mol. The molecule has 1 aromatic carbocycles. The molecule has 0 spiro atoms. The van der Waals surface area contributed by atoms with Gasteiger partial charge in [0.05, 0.1) is 0 Å². The maximum atomic E-state index is 3.57. The fourth-order valence-electron chi connectivity index (χ4n) is 1.69. The van der Waals surface area contributed by atoms with Gasteiger partial charge in [-0.3, -0.25) is 0 Å². The average molecular weight is 175 g/mol. The molecule has 0 aliphatic heterocycles. The average Bonchev–Trinajstić information content (AvgIpc) is 2.91. The molecule has 0 aromatic heterocycles. The van der Waals surface area contributed by atoms with Crippen LogP contribution in [0, 0.1) is 12.8 Å². The van der Waals surface area contributed by atoms with Gasteiger partial charge in [0.1, 0.15) is 0 Å². The van der Waals surface area contributed by atoms with Gasteiger partial charge in [-0.2, -0.15) is 0 Å². The van der Waals surface area contributed by atoms with Gasteiger partial charge in [-0.25, -0.2) is 0 Å². The first kappa shape index (κ1) is 8.61. The highest BCUT2D eigenvalue weighted by molar-refractivity contribution is 5.51. The molecule has 0 saturated heterocycles. The molecule has 1 aliphatic rings. The number of benzene rings is 1. The van der Waals surface area contributed by atoms with Gasteiger partial charge in [-0.05, 0) is 44.2 Å². The van der Waals surface area contributed by atoms with E-state index in [0.717, 1.165) is 5.92 Å². The smallest absolute Gasteiger partial charge is 0.0372 e.